The number of fused-ring (bicyclic) bond motifs is 1. The minimum atomic E-state index is -3.62. The number of amides is 1. The first-order valence-corrected chi connectivity index (χ1v) is 11.2. The number of unbranched alkanes of at least 4 members (excludes halogenated alkanes) is 1. The van der Waals surface area contributed by atoms with Gasteiger partial charge in [-0.05, 0) is 49.7 Å². The molecule has 3 aromatic rings. The normalized spacial score (nSPS) is 11.4. The molecule has 30 heavy (non-hydrogen) atoms. The van der Waals surface area contributed by atoms with E-state index < -0.39 is 10.0 Å². The molecular weight excluding hydrogens is 402 g/mol. The van der Waals surface area contributed by atoms with E-state index in [1.54, 1.807) is 38.3 Å². The van der Waals surface area contributed by atoms with Gasteiger partial charge >= 0.3 is 0 Å². The van der Waals surface area contributed by atoms with E-state index in [1.165, 1.54) is 12.1 Å². The van der Waals surface area contributed by atoms with Crippen LogP contribution in [0.5, 0.6) is 5.75 Å². The Labute approximate surface area is 176 Å². The van der Waals surface area contributed by atoms with E-state index in [4.69, 9.17) is 4.74 Å². The van der Waals surface area contributed by atoms with Crippen molar-refractivity contribution in [2.75, 3.05) is 19.0 Å². The van der Waals surface area contributed by atoms with Crippen molar-refractivity contribution >= 4 is 32.5 Å². The lowest BCUT2D eigenvalue weighted by atomic mass is 10.1. The summed E-state index contributed by atoms with van der Waals surface area (Å²) in [6, 6.07) is 13.4. The maximum absolute atomic E-state index is 12.8. The molecular formula is C22H25N3O4S. The van der Waals surface area contributed by atoms with Gasteiger partial charge in [-0.1, -0.05) is 19.4 Å². The molecule has 0 unspecified atom stereocenters. The van der Waals surface area contributed by atoms with Crippen LogP contribution in [0.3, 0.4) is 0 Å². The lowest BCUT2D eigenvalue weighted by Gasteiger charge is -2.11. The lowest BCUT2D eigenvalue weighted by molar-refractivity contribution is 0.102. The largest absolute Gasteiger partial charge is 0.497 e. The molecule has 2 N–H and O–H groups in total. The third-order valence-corrected chi connectivity index (χ3v) is 6.14. The molecule has 0 saturated heterocycles. The molecule has 0 aliphatic carbocycles. The number of aromatic nitrogens is 1. The summed E-state index contributed by atoms with van der Waals surface area (Å²) in [6.07, 6.45) is 1.65. The zero-order chi connectivity index (χ0) is 21.7. The molecule has 7 nitrogen and oxygen atoms in total. The van der Waals surface area contributed by atoms with E-state index in [0.29, 0.717) is 29.2 Å². The molecule has 0 bridgehead atoms. The fourth-order valence-corrected chi connectivity index (χ4v) is 4.13. The van der Waals surface area contributed by atoms with Crippen molar-refractivity contribution < 1.29 is 17.9 Å². The molecule has 0 fully saturated rings. The fraction of sp³-hybridized carbons (Fsp3) is 0.273. The minimum Gasteiger partial charge on any atom is -0.497 e. The van der Waals surface area contributed by atoms with Crippen LogP contribution in [-0.2, 0) is 10.0 Å². The highest BCUT2D eigenvalue weighted by atomic mass is 32.2. The number of carbonyl (C=O) groups is 1. The summed E-state index contributed by atoms with van der Waals surface area (Å²) in [5.74, 6) is 0.336. The van der Waals surface area contributed by atoms with Gasteiger partial charge in [0.1, 0.15) is 5.75 Å². The average molecular weight is 428 g/mol. The highest BCUT2D eigenvalue weighted by Gasteiger charge is 2.16. The van der Waals surface area contributed by atoms with Crippen LogP contribution in [0.25, 0.3) is 10.9 Å². The SMILES string of the molecule is CCCCNS(=O)(=O)c1cccc(NC(=O)c2cc3ccc(OC)cc3nc2C)c1. The number of aryl methyl sites for hydroxylation is 1. The van der Waals surface area contributed by atoms with Crippen molar-refractivity contribution in [3.05, 3.63) is 59.8 Å². The quantitative estimate of drug-likeness (QED) is 0.532. The van der Waals surface area contributed by atoms with Crippen LogP contribution < -0.4 is 14.8 Å². The molecule has 0 atom stereocenters. The first-order valence-electron chi connectivity index (χ1n) is 9.70. The predicted molar refractivity (Wildman–Crippen MR) is 118 cm³/mol. The number of nitrogens with zero attached hydrogens (tertiary/aromatic N) is 1. The molecule has 0 radical (unpaired) electrons. The summed E-state index contributed by atoms with van der Waals surface area (Å²) in [6.45, 7) is 4.12. The van der Waals surface area contributed by atoms with E-state index in [9.17, 15) is 13.2 Å². The fourth-order valence-electron chi connectivity index (χ4n) is 3.01. The van der Waals surface area contributed by atoms with Crippen LogP contribution in [0.1, 0.15) is 35.8 Å². The molecule has 1 aromatic heterocycles. The lowest BCUT2D eigenvalue weighted by Crippen LogP contribution is -2.25. The average Bonchev–Trinajstić information content (AvgIpc) is 2.73. The number of rotatable bonds is 8. The van der Waals surface area contributed by atoms with Gasteiger partial charge in [0.15, 0.2) is 0 Å². The Balaban J connectivity index is 1.83. The Morgan fingerprint density at radius 3 is 2.67 bits per heavy atom. The molecule has 2 aromatic carbocycles. The third-order valence-electron chi connectivity index (χ3n) is 4.68. The third kappa shape index (κ3) is 4.95. The second-order valence-electron chi connectivity index (χ2n) is 6.91. The van der Waals surface area contributed by atoms with E-state index in [2.05, 4.69) is 15.0 Å². The Bertz CT molecular complexity index is 1180. The molecule has 1 heterocycles. The molecule has 8 heteroatoms. The summed E-state index contributed by atoms with van der Waals surface area (Å²) in [5.41, 5.74) is 2.11. The van der Waals surface area contributed by atoms with Gasteiger partial charge in [0.2, 0.25) is 10.0 Å². The number of pyridine rings is 1. The smallest absolute Gasteiger partial charge is 0.257 e. The van der Waals surface area contributed by atoms with Crippen molar-refractivity contribution in [2.45, 2.75) is 31.6 Å². The maximum Gasteiger partial charge on any atom is 0.257 e. The number of sulfonamides is 1. The van der Waals surface area contributed by atoms with Gasteiger partial charge in [-0.25, -0.2) is 13.1 Å². The zero-order valence-corrected chi connectivity index (χ0v) is 18.0. The molecule has 1 amide bonds. The van der Waals surface area contributed by atoms with Gasteiger partial charge < -0.3 is 10.1 Å². The summed E-state index contributed by atoms with van der Waals surface area (Å²) in [5, 5.41) is 3.58. The van der Waals surface area contributed by atoms with Gasteiger partial charge in [-0.2, -0.15) is 0 Å². The summed E-state index contributed by atoms with van der Waals surface area (Å²) < 4.78 is 32.6. The van der Waals surface area contributed by atoms with Gasteiger partial charge in [-0.15, -0.1) is 0 Å². The Hall–Kier alpha value is -2.97. The van der Waals surface area contributed by atoms with Gasteiger partial charge in [0, 0.05) is 23.7 Å². The van der Waals surface area contributed by atoms with E-state index in [-0.39, 0.29) is 10.8 Å². The van der Waals surface area contributed by atoms with Crippen LogP contribution in [0.15, 0.2) is 53.4 Å². The number of hydrogen-bond donors (Lipinski definition) is 2. The van der Waals surface area contributed by atoms with Crippen LogP contribution in [0.4, 0.5) is 5.69 Å². The highest BCUT2D eigenvalue weighted by Crippen LogP contribution is 2.23. The zero-order valence-electron chi connectivity index (χ0n) is 17.2. The molecule has 0 aliphatic heterocycles. The first kappa shape index (κ1) is 21.7. The van der Waals surface area contributed by atoms with E-state index >= 15 is 0 Å². The Morgan fingerprint density at radius 2 is 1.93 bits per heavy atom. The van der Waals surface area contributed by atoms with Crippen molar-refractivity contribution in [3.63, 3.8) is 0 Å². The topological polar surface area (TPSA) is 97.4 Å². The van der Waals surface area contributed by atoms with E-state index in [0.717, 1.165) is 23.7 Å². The maximum atomic E-state index is 12.8. The minimum absolute atomic E-state index is 0.108. The number of anilines is 1. The monoisotopic (exact) mass is 427 g/mol. The molecule has 0 spiro atoms. The van der Waals surface area contributed by atoms with Gasteiger partial charge in [0.05, 0.1) is 28.8 Å². The first-order chi connectivity index (χ1) is 14.3. The van der Waals surface area contributed by atoms with Crippen LogP contribution >= 0.6 is 0 Å². The summed E-state index contributed by atoms with van der Waals surface area (Å²) in [4.78, 5) is 17.4. The summed E-state index contributed by atoms with van der Waals surface area (Å²) >= 11 is 0. The number of hydrogen-bond acceptors (Lipinski definition) is 5. The standard InChI is InChI=1S/C22H25N3O4S/c1-4-5-11-23-30(27,28)19-8-6-7-17(13-19)25-22(26)20-12-16-9-10-18(29-3)14-21(16)24-15(20)2/h6-10,12-14,23H,4-5,11H2,1-3H3,(H,25,26). The van der Waals surface area contributed by atoms with Crippen LogP contribution in [0.2, 0.25) is 0 Å². The van der Waals surface area contributed by atoms with E-state index in [1.807, 2.05) is 19.1 Å². The van der Waals surface area contributed by atoms with Crippen molar-refractivity contribution in [3.8, 4) is 5.75 Å². The Morgan fingerprint density at radius 1 is 1.13 bits per heavy atom. The van der Waals surface area contributed by atoms with Crippen LogP contribution in [-0.4, -0.2) is 33.0 Å². The second kappa shape index (κ2) is 9.23. The molecule has 3 rings (SSSR count). The number of methoxy groups -OCH3 is 1. The molecule has 0 saturated carbocycles. The summed E-state index contributed by atoms with van der Waals surface area (Å²) in [7, 11) is -2.04. The molecule has 158 valence electrons. The number of ether oxygens (including phenoxy) is 1. The molecule has 0 aliphatic rings. The van der Waals surface area contributed by atoms with Crippen molar-refractivity contribution in [2.24, 2.45) is 0 Å². The highest BCUT2D eigenvalue weighted by molar-refractivity contribution is 7.89. The van der Waals surface area contributed by atoms with Crippen molar-refractivity contribution in [1.29, 1.82) is 0 Å². The van der Waals surface area contributed by atoms with Gasteiger partial charge in [0.25, 0.3) is 5.91 Å². The van der Waals surface area contributed by atoms with Gasteiger partial charge in [-0.3, -0.25) is 9.78 Å². The number of nitrogens with one attached hydrogen (secondary N) is 2. The number of benzene rings is 2. The van der Waals surface area contributed by atoms with Crippen LogP contribution in [0, 0.1) is 6.92 Å². The Kier molecular flexibility index (Phi) is 6.69. The second-order valence-corrected chi connectivity index (χ2v) is 8.68. The van der Waals surface area contributed by atoms with Crippen molar-refractivity contribution in [1.82, 2.24) is 9.71 Å². The predicted octanol–water partition coefficient (Wildman–Crippen LogP) is 3.88. The number of carbonyl (C=O) groups excluding carboxylic acids is 1.